The number of anilines is 1. The van der Waals surface area contributed by atoms with Crippen LogP contribution in [0.25, 0.3) is 11.3 Å². The molecule has 1 unspecified atom stereocenters. The van der Waals surface area contributed by atoms with Gasteiger partial charge in [0.1, 0.15) is 11.9 Å². The zero-order chi connectivity index (χ0) is 16.7. The number of H-pyrrole nitrogens is 1. The van der Waals surface area contributed by atoms with Crippen LogP contribution in [0.3, 0.4) is 0 Å². The number of alkyl halides is 1. The lowest BCUT2D eigenvalue weighted by atomic mass is 10.1. The van der Waals surface area contributed by atoms with E-state index in [0.29, 0.717) is 12.2 Å². The first-order chi connectivity index (χ1) is 11.1. The standard InChI is InChI=1S/C16H19ClN4O2/c1-2-12(18-15(22)8-9-17)16(23)19-14-10-13(20-21-14)11-6-4-3-5-7-11/h3-7,10,12H,2,8-9H2,1H3,(H,18,22)(H2,19,20,21,23). The van der Waals surface area contributed by atoms with Crippen molar-refractivity contribution in [1.29, 1.82) is 0 Å². The van der Waals surface area contributed by atoms with Crippen LogP contribution < -0.4 is 10.6 Å². The van der Waals surface area contributed by atoms with Gasteiger partial charge in [0.2, 0.25) is 11.8 Å². The third-order valence-electron chi connectivity index (χ3n) is 3.29. The van der Waals surface area contributed by atoms with Gasteiger partial charge in [-0.2, -0.15) is 5.10 Å². The molecule has 2 aromatic rings. The highest BCUT2D eigenvalue weighted by atomic mass is 35.5. The van der Waals surface area contributed by atoms with Gasteiger partial charge in [0, 0.05) is 23.9 Å². The normalized spacial score (nSPS) is 11.7. The third-order valence-corrected chi connectivity index (χ3v) is 3.48. The maximum absolute atomic E-state index is 12.2. The topological polar surface area (TPSA) is 86.9 Å². The molecule has 7 heteroatoms. The molecule has 0 aliphatic rings. The largest absolute Gasteiger partial charge is 0.344 e. The molecule has 0 saturated carbocycles. The number of hydrogen-bond acceptors (Lipinski definition) is 3. The molecule has 1 aromatic carbocycles. The minimum Gasteiger partial charge on any atom is -0.344 e. The summed E-state index contributed by atoms with van der Waals surface area (Å²) in [5.41, 5.74) is 1.69. The van der Waals surface area contributed by atoms with Crippen molar-refractivity contribution >= 4 is 29.2 Å². The van der Waals surface area contributed by atoms with Gasteiger partial charge in [-0.3, -0.25) is 14.7 Å². The van der Waals surface area contributed by atoms with Crippen LogP contribution in [0.2, 0.25) is 0 Å². The van der Waals surface area contributed by atoms with E-state index in [4.69, 9.17) is 11.6 Å². The first-order valence-corrected chi connectivity index (χ1v) is 7.94. The average molecular weight is 335 g/mol. The molecule has 1 aromatic heterocycles. The molecule has 23 heavy (non-hydrogen) atoms. The molecule has 0 radical (unpaired) electrons. The molecule has 0 fully saturated rings. The molecule has 3 N–H and O–H groups in total. The van der Waals surface area contributed by atoms with E-state index in [1.54, 1.807) is 6.07 Å². The first kappa shape index (κ1) is 17.0. The van der Waals surface area contributed by atoms with E-state index in [1.807, 2.05) is 37.3 Å². The Morgan fingerprint density at radius 2 is 2.04 bits per heavy atom. The van der Waals surface area contributed by atoms with Crippen LogP contribution in [0.15, 0.2) is 36.4 Å². The SMILES string of the molecule is CCC(NC(=O)CCCl)C(=O)Nc1cc(-c2ccccc2)n[nH]1. The lowest BCUT2D eigenvalue weighted by Crippen LogP contribution is -2.43. The van der Waals surface area contributed by atoms with E-state index in [2.05, 4.69) is 20.8 Å². The van der Waals surface area contributed by atoms with Gasteiger partial charge in [-0.25, -0.2) is 0 Å². The van der Waals surface area contributed by atoms with Gasteiger partial charge in [0.25, 0.3) is 0 Å². The number of rotatable bonds is 7. The number of aromatic amines is 1. The second kappa shape index (κ2) is 8.33. The quantitative estimate of drug-likeness (QED) is 0.680. The highest BCUT2D eigenvalue weighted by Gasteiger charge is 2.19. The molecule has 0 saturated heterocycles. The molecule has 122 valence electrons. The molecule has 2 amide bonds. The summed E-state index contributed by atoms with van der Waals surface area (Å²) in [7, 11) is 0. The molecule has 2 rings (SSSR count). The summed E-state index contributed by atoms with van der Waals surface area (Å²) in [6.07, 6.45) is 0.674. The Balaban J connectivity index is 1.99. The van der Waals surface area contributed by atoms with Crippen LogP contribution in [-0.2, 0) is 9.59 Å². The Labute approximate surface area is 139 Å². The Bertz CT molecular complexity index is 657. The Hall–Kier alpha value is -2.34. The zero-order valence-electron chi connectivity index (χ0n) is 12.8. The van der Waals surface area contributed by atoms with Crippen LogP contribution >= 0.6 is 11.6 Å². The molecule has 6 nitrogen and oxygen atoms in total. The molecular weight excluding hydrogens is 316 g/mol. The number of amides is 2. The van der Waals surface area contributed by atoms with Gasteiger partial charge in [-0.1, -0.05) is 37.3 Å². The Kier molecular flexibility index (Phi) is 6.17. The summed E-state index contributed by atoms with van der Waals surface area (Å²) in [5.74, 6) is 0.180. The summed E-state index contributed by atoms with van der Waals surface area (Å²) in [6.45, 7) is 1.83. The Morgan fingerprint density at radius 1 is 1.30 bits per heavy atom. The number of carbonyl (C=O) groups is 2. The van der Waals surface area contributed by atoms with Gasteiger partial charge in [-0.15, -0.1) is 11.6 Å². The van der Waals surface area contributed by atoms with E-state index >= 15 is 0 Å². The predicted octanol–water partition coefficient (Wildman–Crippen LogP) is 2.54. The monoisotopic (exact) mass is 334 g/mol. The summed E-state index contributed by atoms with van der Waals surface area (Å²) < 4.78 is 0. The van der Waals surface area contributed by atoms with Crippen molar-refractivity contribution in [3.63, 3.8) is 0 Å². The average Bonchev–Trinajstić information content (AvgIpc) is 3.02. The minimum atomic E-state index is -0.603. The van der Waals surface area contributed by atoms with Crippen molar-refractivity contribution in [2.45, 2.75) is 25.8 Å². The van der Waals surface area contributed by atoms with Crippen LogP contribution in [0, 0.1) is 0 Å². The number of carbonyl (C=O) groups excluding carboxylic acids is 2. The second-order valence-electron chi connectivity index (χ2n) is 4.99. The lowest BCUT2D eigenvalue weighted by Gasteiger charge is -2.15. The third kappa shape index (κ3) is 4.82. The van der Waals surface area contributed by atoms with Crippen LogP contribution in [-0.4, -0.2) is 33.9 Å². The molecule has 0 spiro atoms. The van der Waals surface area contributed by atoms with Gasteiger partial charge in [0.15, 0.2) is 0 Å². The van der Waals surface area contributed by atoms with E-state index < -0.39 is 6.04 Å². The number of hydrogen-bond donors (Lipinski definition) is 3. The maximum atomic E-state index is 12.2. The highest BCUT2D eigenvalue weighted by Crippen LogP contribution is 2.19. The first-order valence-electron chi connectivity index (χ1n) is 7.41. The fraction of sp³-hybridized carbons (Fsp3) is 0.312. The van der Waals surface area contributed by atoms with Crippen molar-refractivity contribution in [2.24, 2.45) is 0 Å². The fourth-order valence-corrected chi connectivity index (χ4v) is 2.24. The molecular formula is C16H19ClN4O2. The van der Waals surface area contributed by atoms with Crippen molar-refractivity contribution in [2.75, 3.05) is 11.2 Å². The minimum absolute atomic E-state index is 0.188. The molecule has 1 heterocycles. The van der Waals surface area contributed by atoms with Gasteiger partial charge in [0.05, 0.1) is 5.69 Å². The summed E-state index contributed by atoms with van der Waals surface area (Å²) in [4.78, 5) is 23.8. The lowest BCUT2D eigenvalue weighted by molar-refractivity contribution is -0.126. The number of nitrogens with zero attached hydrogens (tertiary/aromatic N) is 1. The maximum Gasteiger partial charge on any atom is 0.248 e. The predicted molar refractivity (Wildman–Crippen MR) is 90.2 cm³/mol. The number of benzene rings is 1. The van der Waals surface area contributed by atoms with E-state index in [0.717, 1.165) is 11.3 Å². The summed E-state index contributed by atoms with van der Waals surface area (Å²) in [5, 5.41) is 12.3. The highest BCUT2D eigenvalue weighted by molar-refractivity contribution is 6.19. The van der Waals surface area contributed by atoms with E-state index in [9.17, 15) is 9.59 Å². The van der Waals surface area contributed by atoms with Crippen molar-refractivity contribution < 1.29 is 9.59 Å². The van der Waals surface area contributed by atoms with Crippen LogP contribution in [0.5, 0.6) is 0 Å². The number of aromatic nitrogens is 2. The Morgan fingerprint density at radius 3 is 2.70 bits per heavy atom. The smallest absolute Gasteiger partial charge is 0.248 e. The van der Waals surface area contributed by atoms with Crippen molar-refractivity contribution in [1.82, 2.24) is 15.5 Å². The molecule has 0 bridgehead atoms. The van der Waals surface area contributed by atoms with Crippen LogP contribution in [0.4, 0.5) is 5.82 Å². The fourth-order valence-electron chi connectivity index (χ4n) is 2.07. The molecule has 0 aliphatic carbocycles. The van der Waals surface area contributed by atoms with Crippen LogP contribution in [0.1, 0.15) is 19.8 Å². The second-order valence-corrected chi connectivity index (χ2v) is 5.37. The van der Waals surface area contributed by atoms with Gasteiger partial charge < -0.3 is 10.6 Å². The number of nitrogens with one attached hydrogen (secondary N) is 3. The molecule has 0 aliphatic heterocycles. The van der Waals surface area contributed by atoms with Crippen molar-refractivity contribution in [3.8, 4) is 11.3 Å². The van der Waals surface area contributed by atoms with Crippen molar-refractivity contribution in [3.05, 3.63) is 36.4 Å². The zero-order valence-corrected chi connectivity index (χ0v) is 13.6. The summed E-state index contributed by atoms with van der Waals surface area (Å²) >= 11 is 5.52. The van der Waals surface area contributed by atoms with E-state index in [1.165, 1.54) is 0 Å². The van der Waals surface area contributed by atoms with Gasteiger partial charge >= 0.3 is 0 Å². The molecule has 1 atom stereocenters. The number of halogens is 1. The van der Waals surface area contributed by atoms with Gasteiger partial charge in [-0.05, 0) is 6.42 Å². The van der Waals surface area contributed by atoms with E-state index in [-0.39, 0.29) is 24.1 Å². The summed E-state index contributed by atoms with van der Waals surface area (Å²) in [6, 6.07) is 10.8.